The molecule has 1 rings (SSSR count). The smallest absolute Gasteiger partial charge is 0.0829 e. The SMILES string of the molecule is CC(C)C1CCCCC(O)C1O. The molecule has 12 heavy (non-hydrogen) atoms. The van der Waals surface area contributed by atoms with Gasteiger partial charge in [-0.1, -0.05) is 26.7 Å². The molecule has 0 bridgehead atoms. The summed E-state index contributed by atoms with van der Waals surface area (Å²) >= 11 is 0. The molecule has 1 aliphatic rings. The average molecular weight is 172 g/mol. The summed E-state index contributed by atoms with van der Waals surface area (Å²) in [5.41, 5.74) is 0. The Labute approximate surface area is 74.6 Å². The van der Waals surface area contributed by atoms with Crippen molar-refractivity contribution < 1.29 is 10.2 Å². The molecule has 0 amide bonds. The number of aliphatic hydroxyl groups excluding tert-OH is 2. The van der Waals surface area contributed by atoms with Crippen LogP contribution < -0.4 is 0 Å². The van der Waals surface area contributed by atoms with Crippen molar-refractivity contribution in [3.8, 4) is 0 Å². The molecule has 0 spiro atoms. The number of hydrogen-bond donors (Lipinski definition) is 2. The summed E-state index contributed by atoms with van der Waals surface area (Å²) in [5.74, 6) is 0.773. The Morgan fingerprint density at radius 1 is 1.08 bits per heavy atom. The second kappa shape index (κ2) is 4.24. The predicted octanol–water partition coefficient (Wildman–Crippen LogP) is 1.55. The maximum Gasteiger partial charge on any atom is 0.0829 e. The fraction of sp³-hybridized carbons (Fsp3) is 1.00. The fourth-order valence-electron chi connectivity index (χ4n) is 2.09. The first kappa shape index (κ1) is 10.0. The van der Waals surface area contributed by atoms with E-state index < -0.39 is 12.2 Å². The highest BCUT2D eigenvalue weighted by atomic mass is 16.3. The Balaban J connectivity index is 2.58. The summed E-state index contributed by atoms with van der Waals surface area (Å²) in [7, 11) is 0. The number of rotatable bonds is 1. The number of hydrogen-bond acceptors (Lipinski definition) is 2. The van der Waals surface area contributed by atoms with Gasteiger partial charge in [0.1, 0.15) is 0 Å². The van der Waals surface area contributed by atoms with E-state index in [1.165, 1.54) is 0 Å². The van der Waals surface area contributed by atoms with Crippen molar-refractivity contribution in [2.45, 2.75) is 51.7 Å². The Morgan fingerprint density at radius 2 is 1.67 bits per heavy atom. The molecule has 1 saturated carbocycles. The molecule has 1 aliphatic carbocycles. The third-order valence-electron chi connectivity index (χ3n) is 2.98. The monoisotopic (exact) mass is 172 g/mol. The molecule has 0 aromatic rings. The summed E-state index contributed by atoms with van der Waals surface area (Å²) in [5, 5.41) is 19.3. The van der Waals surface area contributed by atoms with Crippen LogP contribution >= 0.6 is 0 Å². The molecule has 72 valence electrons. The Kier molecular flexibility index (Phi) is 3.53. The molecular formula is C10H20O2. The maximum absolute atomic E-state index is 9.74. The lowest BCUT2D eigenvalue weighted by Crippen LogP contribution is -2.34. The van der Waals surface area contributed by atoms with Gasteiger partial charge in [0, 0.05) is 0 Å². The first-order valence-corrected chi connectivity index (χ1v) is 4.99. The van der Waals surface area contributed by atoms with Crippen molar-refractivity contribution in [3.05, 3.63) is 0 Å². The van der Waals surface area contributed by atoms with Gasteiger partial charge in [-0.25, -0.2) is 0 Å². The fourth-order valence-corrected chi connectivity index (χ4v) is 2.09. The molecular weight excluding hydrogens is 152 g/mol. The quantitative estimate of drug-likeness (QED) is 0.589. The van der Waals surface area contributed by atoms with Gasteiger partial charge in [0.15, 0.2) is 0 Å². The van der Waals surface area contributed by atoms with Gasteiger partial charge in [-0.2, -0.15) is 0 Å². The van der Waals surface area contributed by atoms with Gasteiger partial charge in [0.05, 0.1) is 12.2 Å². The lowest BCUT2D eigenvalue weighted by Gasteiger charge is -2.26. The Bertz CT molecular complexity index is 134. The van der Waals surface area contributed by atoms with Crippen LogP contribution in [0.2, 0.25) is 0 Å². The molecule has 0 aromatic carbocycles. The van der Waals surface area contributed by atoms with E-state index in [1.54, 1.807) is 0 Å². The lowest BCUT2D eigenvalue weighted by molar-refractivity contribution is -0.0270. The normalized spacial score (nSPS) is 38.2. The summed E-state index contributed by atoms with van der Waals surface area (Å²) < 4.78 is 0. The zero-order chi connectivity index (χ0) is 9.14. The molecule has 0 aliphatic heterocycles. The lowest BCUT2D eigenvalue weighted by atomic mass is 9.86. The van der Waals surface area contributed by atoms with Crippen molar-refractivity contribution in [2.24, 2.45) is 11.8 Å². The van der Waals surface area contributed by atoms with Crippen LogP contribution in [0.1, 0.15) is 39.5 Å². The third kappa shape index (κ3) is 2.20. The molecule has 1 fully saturated rings. The van der Waals surface area contributed by atoms with Crippen LogP contribution in [0.25, 0.3) is 0 Å². The van der Waals surface area contributed by atoms with E-state index in [2.05, 4.69) is 13.8 Å². The van der Waals surface area contributed by atoms with Crippen LogP contribution in [-0.4, -0.2) is 22.4 Å². The highest BCUT2D eigenvalue weighted by Gasteiger charge is 2.30. The molecule has 3 atom stereocenters. The van der Waals surface area contributed by atoms with E-state index in [-0.39, 0.29) is 0 Å². The van der Waals surface area contributed by atoms with Crippen LogP contribution in [0.15, 0.2) is 0 Å². The molecule has 0 heterocycles. The number of aliphatic hydroxyl groups is 2. The van der Waals surface area contributed by atoms with Gasteiger partial charge < -0.3 is 10.2 Å². The molecule has 0 saturated heterocycles. The maximum atomic E-state index is 9.74. The van der Waals surface area contributed by atoms with Crippen molar-refractivity contribution in [2.75, 3.05) is 0 Å². The van der Waals surface area contributed by atoms with Crippen LogP contribution in [0, 0.1) is 11.8 Å². The van der Waals surface area contributed by atoms with E-state index >= 15 is 0 Å². The van der Waals surface area contributed by atoms with Gasteiger partial charge >= 0.3 is 0 Å². The van der Waals surface area contributed by atoms with Gasteiger partial charge in [-0.05, 0) is 24.7 Å². The summed E-state index contributed by atoms with van der Waals surface area (Å²) in [6, 6.07) is 0. The van der Waals surface area contributed by atoms with E-state index in [9.17, 15) is 10.2 Å². The first-order valence-electron chi connectivity index (χ1n) is 4.99. The minimum atomic E-state index is -0.493. The highest BCUT2D eigenvalue weighted by Crippen LogP contribution is 2.29. The van der Waals surface area contributed by atoms with Crippen molar-refractivity contribution in [1.29, 1.82) is 0 Å². The van der Waals surface area contributed by atoms with Gasteiger partial charge in [0.25, 0.3) is 0 Å². The van der Waals surface area contributed by atoms with Crippen LogP contribution in [0.3, 0.4) is 0 Å². The van der Waals surface area contributed by atoms with Gasteiger partial charge in [-0.3, -0.25) is 0 Å². The molecule has 2 N–H and O–H groups in total. The van der Waals surface area contributed by atoms with Crippen LogP contribution in [0.4, 0.5) is 0 Å². The van der Waals surface area contributed by atoms with Crippen LogP contribution in [0.5, 0.6) is 0 Å². The van der Waals surface area contributed by atoms with E-state index in [4.69, 9.17) is 0 Å². The van der Waals surface area contributed by atoms with Crippen molar-refractivity contribution in [1.82, 2.24) is 0 Å². The summed E-state index contributed by atoms with van der Waals surface area (Å²) in [6.07, 6.45) is 3.06. The summed E-state index contributed by atoms with van der Waals surface area (Å²) in [4.78, 5) is 0. The van der Waals surface area contributed by atoms with Crippen molar-refractivity contribution >= 4 is 0 Å². The minimum Gasteiger partial charge on any atom is -0.390 e. The Morgan fingerprint density at radius 3 is 2.25 bits per heavy atom. The molecule has 2 heteroatoms. The third-order valence-corrected chi connectivity index (χ3v) is 2.98. The predicted molar refractivity (Wildman–Crippen MR) is 48.8 cm³/mol. The zero-order valence-corrected chi connectivity index (χ0v) is 8.03. The zero-order valence-electron chi connectivity index (χ0n) is 8.03. The standard InChI is InChI=1S/C10H20O2/c1-7(2)8-5-3-4-6-9(11)10(8)12/h7-12H,3-6H2,1-2H3. The molecule has 3 unspecified atom stereocenters. The van der Waals surface area contributed by atoms with Crippen molar-refractivity contribution in [3.63, 3.8) is 0 Å². The van der Waals surface area contributed by atoms with E-state index in [0.29, 0.717) is 11.8 Å². The van der Waals surface area contributed by atoms with Gasteiger partial charge in [-0.15, -0.1) is 0 Å². The minimum absolute atomic E-state index is 0.294. The molecule has 0 radical (unpaired) electrons. The first-order chi connectivity index (χ1) is 5.63. The van der Waals surface area contributed by atoms with E-state index in [0.717, 1.165) is 25.7 Å². The van der Waals surface area contributed by atoms with E-state index in [1.807, 2.05) is 0 Å². The van der Waals surface area contributed by atoms with Gasteiger partial charge in [0.2, 0.25) is 0 Å². The topological polar surface area (TPSA) is 40.5 Å². The van der Waals surface area contributed by atoms with Crippen LogP contribution in [-0.2, 0) is 0 Å². The Hall–Kier alpha value is -0.0800. The molecule has 2 nitrogen and oxygen atoms in total. The molecule has 0 aromatic heterocycles. The summed E-state index contributed by atoms with van der Waals surface area (Å²) in [6.45, 7) is 4.23. The highest BCUT2D eigenvalue weighted by molar-refractivity contribution is 4.81. The second-order valence-corrected chi connectivity index (χ2v) is 4.25. The second-order valence-electron chi connectivity index (χ2n) is 4.25. The average Bonchev–Trinajstić information content (AvgIpc) is 2.15. The largest absolute Gasteiger partial charge is 0.390 e.